The summed E-state index contributed by atoms with van der Waals surface area (Å²) in [6, 6.07) is 8.23. The van der Waals surface area contributed by atoms with Crippen molar-refractivity contribution in [2.75, 3.05) is 11.9 Å². The Hall–Kier alpha value is -1.95. The molecular weight excluding hydrogens is 330 g/mol. The number of hydrogen-bond acceptors (Lipinski definition) is 4. The van der Waals surface area contributed by atoms with Crippen LogP contribution in [0.5, 0.6) is 0 Å². The molecule has 3 aromatic rings. The average molecular weight is 346 g/mol. The first-order chi connectivity index (χ1) is 10.2. The Balaban J connectivity index is 2.01. The highest BCUT2D eigenvalue weighted by Gasteiger charge is 2.11. The summed E-state index contributed by atoms with van der Waals surface area (Å²) in [5, 5.41) is 8.68. The second-order valence-electron chi connectivity index (χ2n) is 4.82. The molecule has 0 bridgehead atoms. The van der Waals surface area contributed by atoms with Gasteiger partial charge in [0, 0.05) is 11.0 Å². The molecule has 0 aliphatic carbocycles. The number of fused-ring (bicyclic) bond motifs is 1. The summed E-state index contributed by atoms with van der Waals surface area (Å²) in [5.74, 6) is 1.60. The molecule has 0 atom stereocenters. The van der Waals surface area contributed by atoms with Gasteiger partial charge in [-0.15, -0.1) is 0 Å². The number of nitrogens with one attached hydrogen (secondary N) is 1. The third-order valence-electron chi connectivity index (χ3n) is 3.20. The highest BCUT2D eigenvalue weighted by molar-refractivity contribution is 9.10. The van der Waals surface area contributed by atoms with Crippen LogP contribution in [0.3, 0.4) is 0 Å². The van der Waals surface area contributed by atoms with Gasteiger partial charge < -0.3 is 5.32 Å². The average Bonchev–Trinajstić information content (AvgIpc) is 2.85. The summed E-state index contributed by atoms with van der Waals surface area (Å²) < 4.78 is 2.98. The molecular formula is C15H16BrN5. The molecule has 6 heteroatoms. The SMILES string of the molecule is CCNc1nc(C)nc2c1cnn2Cc1ccc(Br)cc1. The maximum Gasteiger partial charge on any atom is 0.163 e. The van der Waals surface area contributed by atoms with Crippen LogP contribution < -0.4 is 5.32 Å². The lowest BCUT2D eigenvalue weighted by Crippen LogP contribution is -2.06. The third-order valence-corrected chi connectivity index (χ3v) is 3.73. The number of rotatable bonds is 4. The first-order valence-corrected chi connectivity index (χ1v) is 7.65. The van der Waals surface area contributed by atoms with Crippen molar-refractivity contribution in [2.24, 2.45) is 0 Å². The molecule has 0 saturated heterocycles. The topological polar surface area (TPSA) is 55.6 Å². The zero-order valence-corrected chi connectivity index (χ0v) is 13.6. The van der Waals surface area contributed by atoms with Crippen molar-refractivity contribution in [2.45, 2.75) is 20.4 Å². The van der Waals surface area contributed by atoms with Gasteiger partial charge in [0.15, 0.2) is 5.65 Å². The van der Waals surface area contributed by atoms with E-state index in [0.29, 0.717) is 6.54 Å². The highest BCUT2D eigenvalue weighted by Crippen LogP contribution is 2.21. The minimum atomic E-state index is 0.693. The number of nitrogens with zero attached hydrogens (tertiary/aromatic N) is 4. The van der Waals surface area contributed by atoms with E-state index >= 15 is 0 Å². The second-order valence-corrected chi connectivity index (χ2v) is 5.73. The molecule has 21 heavy (non-hydrogen) atoms. The van der Waals surface area contributed by atoms with E-state index in [1.54, 1.807) is 0 Å². The minimum absolute atomic E-state index is 0.693. The molecule has 0 fully saturated rings. The van der Waals surface area contributed by atoms with Crippen LogP contribution in [0.2, 0.25) is 0 Å². The van der Waals surface area contributed by atoms with Gasteiger partial charge in [-0.3, -0.25) is 0 Å². The van der Waals surface area contributed by atoms with Gasteiger partial charge in [0.1, 0.15) is 11.6 Å². The molecule has 0 aliphatic heterocycles. The van der Waals surface area contributed by atoms with Crippen LogP contribution in [-0.4, -0.2) is 26.3 Å². The highest BCUT2D eigenvalue weighted by atomic mass is 79.9. The van der Waals surface area contributed by atoms with Gasteiger partial charge in [0.05, 0.1) is 18.1 Å². The smallest absolute Gasteiger partial charge is 0.163 e. The van der Waals surface area contributed by atoms with E-state index in [1.165, 1.54) is 5.56 Å². The number of halogens is 1. The molecule has 0 saturated carbocycles. The number of benzene rings is 1. The second kappa shape index (κ2) is 5.81. The molecule has 0 amide bonds. The van der Waals surface area contributed by atoms with Crippen molar-refractivity contribution in [1.82, 2.24) is 19.7 Å². The van der Waals surface area contributed by atoms with Gasteiger partial charge in [-0.2, -0.15) is 5.10 Å². The number of aromatic nitrogens is 4. The lowest BCUT2D eigenvalue weighted by Gasteiger charge is -2.07. The Morgan fingerprint density at radius 1 is 1.19 bits per heavy atom. The van der Waals surface area contributed by atoms with E-state index in [0.717, 1.165) is 33.7 Å². The molecule has 1 aromatic carbocycles. The van der Waals surface area contributed by atoms with Crippen LogP contribution in [0.1, 0.15) is 18.3 Å². The van der Waals surface area contributed by atoms with Crippen molar-refractivity contribution < 1.29 is 0 Å². The first-order valence-electron chi connectivity index (χ1n) is 6.86. The molecule has 108 valence electrons. The van der Waals surface area contributed by atoms with Crippen molar-refractivity contribution in [3.05, 3.63) is 46.3 Å². The van der Waals surface area contributed by atoms with Gasteiger partial charge >= 0.3 is 0 Å². The van der Waals surface area contributed by atoms with Gasteiger partial charge in [0.2, 0.25) is 0 Å². The Kier molecular flexibility index (Phi) is 3.88. The lowest BCUT2D eigenvalue weighted by atomic mass is 10.2. The van der Waals surface area contributed by atoms with Gasteiger partial charge in [-0.05, 0) is 31.5 Å². The number of anilines is 1. The summed E-state index contributed by atoms with van der Waals surface area (Å²) in [5.41, 5.74) is 2.05. The zero-order chi connectivity index (χ0) is 14.8. The van der Waals surface area contributed by atoms with Crippen molar-refractivity contribution in [1.29, 1.82) is 0 Å². The van der Waals surface area contributed by atoms with Crippen LogP contribution in [0, 0.1) is 6.92 Å². The maximum absolute atomic E-state index is 4.53. The Bertz CT molecular complexity index is 764. The fourth-order valence-corrected chi connectivity index (χ4v) is 2.51. The van der Waals surface area contributed by atoms with E-state index in [-0.39, 0.29) is 0 Å². The van der Waals surface area contributed by atoms with E-state index in [9.17, 15) is 0 Å². The van der Waals surface area contributed by atoms with Crippen LogP contribution in [0.4, 0.5) is 5.82 Å². The summed E-state index contributed by atoms with van der Waals surface area (Å²) in [7, 11) is 0. The minimum Gasteiger partial charge on any atom is -0.370 e. The van der Waals surface area contributed by atoms with E-state index in [4.69, 9.17) is 0 Å². The van der Waals surface area contributed by atoms with Gasteiger partial charge in [-0.1, -0.05) is 28.1 Å². The molecule has 0 unspecified atom stereocenters. The largest absolute Gasteiger partial charge is 0.370 e. The number of hydrogen-bond donors (Lipinski definition) is 1. The Morgan fingerprint density at radius 2 is 1.95 bits per heavy atom. The van der Waals surface area contributed by atoms with Crippen LogP contribution in [-0.2, 0) is 6.54 Å². The monoisotopic (exact) mass is 345 g/mol. The third kappa shape index (κ3) is 2.90. The predicted molar refractivity (Wildman–Crippen MR) is 87.5 cm³/mol. The Morgan fingerprint density at radius 3 is 2.67 bits per heavy atom. The van der Waals surface area contributed by atoms with E-state index < -0.39 is 0 Å². The fourth-order valence-electron chi connectivity index (χ4n) is 2.24. The lowest BCUT2D eigenvalue weighted by molar-refractivity contribution is 0.702. The molecule has 3 rings (SSSR count). The summed E-state index contributed by atoms with van der Waals surface area (Å²) >= 11 is 3.45. The zero-order valence-electron chi connectivity index (χ0n) is 12.0. The van der Waals surface area contributed by atoms with Crippen molar-refractivity contribution >= 4 is 32.8 Å². The van der Waals surface area contributed by atoms with Gasteiger partial charge in [0.25, 0.3) is 0 Å². The standard InChI is InChI=1S/C15H16BrN5/c1-3-17-14-13-8-18-21(15(13)20-10(2)19-14)9-11-4-6-12(16)7-5-11/h4-8H,3,9H2,1-2H3,(H,17,19,20). The summed E-state index contributed by atoms with van der Waals surface area (Å²) in [6.07, 6.45) is 1.83. The molecule has 2 aromatic heterocycles. The predicted octanol–water partition coefficient (Wildman–Crippen LogP) is 3.38. The summed E-state index contributed by atoms with van der Waals surface area (Å²) in [6.45, 7) is 5.47. The maximum atomic E-state index is 4.53. The van der Waals surface area contributed by atoms with Crippen LogP contribution in [0.25, 0.3) is 11.0 Å². The van der Waals surface area contributed by atoms with E-state index in [1.807, 2.05) is 29.9 Å². The molecule has 1 N–H and O–H groups in total. The number of aryl methyl sites for hydroxylation is 1. The summed E-state index contributed by atoms with van der Waals surface area (Å²) in [4.78, 5) is 8.97. The molecule has 0 radical (unpaired) electrons. The first kappa shape index (κ1) is 14.0. The normalized spacial score (nSPS) is 11.0. The van der Waals surface area contributed by atoms with Crippen molar-refractivity contribution in [3.63, 3.8) is 0 Å². The van der Waals surface area contributed by atoms with E-state index in [2.05, 4.69) is 55.4 Å². The van der Waals surface area contributed by atoms with Crippen molar-refractivity contribution in [3.8, 4) is 0 Å². The molecule has 5 nitrogen and oxygen atoms in total. The molecule has 2 heterocycles. The van der Waals surface area contributed by atoms with Crippen LogP contribution >= 0.6 is 15.9 Å². The molecule has 0 aliphatic rings. The fraction of sp³-hybridized carbons (Fsp3) is 0.267. The Labute approximate surface area is 131 Å². The van der Waals surface area contributed by atoms with Gasteiger partial charge in [-0.25, -0.2) is 14.6 Å². The van der Waals surface area contributed by atoms with Crippen LogP contribution in [0.15, 0.2) is 34.9 Å². The molecule has 0 spiro atoms. The quantitative estimate of drug-likeness (QED) is 0.787.